The van der Waals surface area contributed by atoms with Crippen LogP contribution in [0.3, 0.4) is 0 Å². The lowest BCUT2D eigenvalue weighted by molar-refractivity contribution is -0.120. The van der Waals surface area contributed by atoms with E-state index in [-0.39, 0.29) is 11.8 Å². The zero-order valence-electron chi connectivity index (χ0n) is 13.9. The third kappa shape index (κ3) is 4.25. The van der Waals surface area contributed by atoms with Gasteiger partial charge in [-0.3, -0.25) is 9.59 Å². The second-order valence-corrected chi connectivity index (χ2v) is 5.35. The molecule has 126 valence electrons. The van der Waals surface area contributed by atoms with Crippen molar-refractivity contribution < 1.29 is 9.59 Å². The number of hydrogen-bond donors (Lipinski definition) is 3. The molecule has 0 bridgehead atoms. The molecule has 4 N–H and O–H groups in total. The number of nitrogens with zero attached hydrogens (tertiary/aromatic N) is 1. The average molecular weight is 326 g/mol. The number of hydrogen-bond acceptors (Lipinski definition) is 4. The first-order valence-corrected chi connectivity index (χ1v) is 7.70. The van der Waals surface area contributed by atoms with E-state index in [0.717, 1.165) is 5.69 Å². The van der Waals surface area contributed by atoms with Crippen LogP contribution in [-0.2, 0) is 4.79 Å². The van der Waals surface area contributed by atoms with E-state index in [2.05, 4.69) is 10.6 Å². The Bertz CT molecular complexity index is 716. The van der Waals surface area contributed by atoms with Gasteiger partial charge in [-0.05, 0) is 30.3 Å². The van der Waals surface area contributed by atoms with Gasteiger partial charge in [0, 0.05) is 38.3 Å². The second kappa shape index (κ2) is 8.01. The number of nitrogens with one attached hydrogen (secondary N) is 2. The van der Waals surface area contributed by atoms with Crippen LogP contribution in [0.5, 0.6) is 0 Å². The molecule has 0 aliphatic carbocycles. The van der Waals surface area contributed by atoms with Gasteiger partial charge in [0.15, 0.2) is 0 Å². The highest BCUT2D eigenvalue weighted by Crippen LogP contribution is 2.25. The summed E-state index contributed by atoms with van der Waals surface area (Å²) in [7, 11) is 3.31. The van der Waals surface area contributed by atoms with Crippen LogP contribution in [0, 0.1) is 0 Å². The van der Waals surface area contributed by atoms with E-state index in [4.69, 9.17) is 5.73 Å². The quantitative estimate of drug-likeness (QED) is 0.709. The average Bonchev–Trinajstić information content (AvgIpc) is 2.62. The molecule has 24 heavy (non-hydrogen) atoms. The van der Waals surface area contributed by atoms with E-state index >= 15 is 0 Å². The third-order valence-corrected chi connectivity index (χ3v) is 3.69. The van der Waals surface area contributed by atoms with Gasteiger partial charge >= 0.3 is 0 Å². The highest BCUT2D eigenvalue weighted by Gasteiger charge is 2.14. The summed E-state index contributed by atoms with van der Waals surface area (Å²) in [5.74, 6) is -0.138. The van der Waals surface area contributed by atoms with E-state index < -0.39 is 0 Å². The summed E-state index contributed by atoms with van der Waals surface area (Å²) in [6, 6.07) is 14.4. The van der Waals surface area contributed by atoms with Crippen molar-refractivity contribution in [3.8, 4) is 0 Å². The molecule has 0 radical (unpaired) electrons. The van der Waals surface area contributed by atoms with Crippen LogP contribution in [-0.4, -0.2) is 32.5 Å². The fourth-order valence-corrected chi connectivity index (χ4v) is 2.25. The summed E-state index contributed by atoms with van der Waals surface area (Å²) in [6.45, 7) is 0.488. The van der Waals surface area contributed by atoms with Crippen molar-refractivity contribution in [1.29, 1.82) is 0 Å². The van der Waals surface area contributed by atoms with Crippen molar-refractivity contribution in [2.45, 2.75) is 6.42 Å². The topological polar surface area (TPSA) is 87.5 Å². The summed E-state index contributed by atoms with van der Waals surface area (Å²) in [5, 5.41) is 5.68. The van der Waals surface area contributed by atoms with E-state index in [9.17, 15) is 9.59 Å². The van der Waals surface area contributed by atoms with Gasteiger partial charge in [-0.25, -0.2) is 0 Å². The largest absolute Gasteiger partial charge is 0.397 e. The highest BCUT2D eigenvalue weighted by atomic mass is 16.2. The maximum absolute atomic E-state index is 12.4. The van der Waals surface area contributed by atoms with Crippen LogP contribution in [0.2, 0.25) is 0 Å². The molecule has 0 saturated heterocycles. The Kier molecular flexibility index (Phi) is 5.78. The molecule has 6 heteroatoms. The number of anilines is 3. The SMILES string of the molecule is CNC(=O)CCNc1ccc(N(C)C(=O)c2ccccc2)cc1N. The number of carbonyl (C=O) groups excluding carboxylic acids is 2. The first-order valence-electron chi connectivity index (χ1n) is 7.70. The molecule has 0 aromatic heterocycles. The Morgan fingerprint density at radius 2 is 1.83 bits per heavy atom. The molecule has 0 spiro atoms. The number of nitrogens with two attached hydrogens (primary N) is 1. The fourth-order valence-electron chi connectivity index (χ4n) is 2.25. The van der Waals surface area contributed by atoms with Crippen molar-refractivity contribution in [2.24, 2.45) is 0 Å². The number of rotatable bonds is 6. The minimum atomic E-state index is -0.102. The molecule has 6 nitrogen and oxygen atoms in total. The number of amides is 2. The summed E-state index contributed by atoms with van der Waals surface area (Å²) >= 11 is 0. The molecule has 0 fully saturated rings. The summed E-state index contributed by atoms with van der Waals surface area (Å²) in [4.78, 5) is 25.2. The van der Waals surface area contributed by atoms with Crippen LogP contribution in [0.4, 0.5) is 17.1 Å². The molecule has 0 aliphatic rings. The summed E-state index contributed by atoms with van der Waals surface area (Å²) < 4.78 is 0. The predicted octanol–water partition coefficient (Wildman–Crippen LogP) is 2.09. The lowest BCUT2D eigenvalue weighted by Crippen LogP contribution is -2.26. The normalized spacial score (nSPS) is 10.1. The number of carbonyl (C=O) groups is 2. The second-order valence-electron chi connectivity index (χ2n) is 5.35. The van der Waals surface area contributed by atoms with Gasteiger partial charge in [-0.1, -0.05) is 18.2 Å². The maximum Gasteiger partial charge on any atom is 0.258 e. The Morgan fingerprint density at radius 1 is 1.12 bits per heavy atom. The van der Waals surface area contributed by atoms with Gasteiger partial charge in [-0.2, -0.15) is 0 Å². The molecule has 0 heterocycles. The van der Waals surface area contributed by atoms with Gasteiger partial charge in [-0.15, -0.1) is 0 Å². The smallest absolute Gasteiger partial charge is 0.258 e. The van der Waals surface area contributed by atoms with Crippen molar-refractivity contribution in [3.63, 3.8) is 0 Å². The van der Waals surface area contributed by atoms with Gasteiger partial charge < -0.3 is 21.3 Å². The summed E-state index contributed by atoms with van der Waals surface area (Å²) in [6.07, 6.45) is 0.365. The summed E-state index contributed by atoms with van der Waals surface area (Å²) in [5.41, 5.74) is 8.63. The number of benzene rings is 2. The standard InChI is InChI=1S/C18H22N4O2/c1-20-17(23)10-11-21-16-9-8-14(12-15(16)19)22(2)18(24)13-6-4-3-5-7-13/h3-9,12,21H,10-11,19H2,1-2H3,(H,20,23). The zero-order valence-corrected chi connectivity index (χ0v) is 13.9. The van der Waals surface area contributed by atoms with Crippen LogP contribution in [0.15, 0.2) is 48.5 Å². The Morgan fingerprint density at radius 3 is 2.46 bits per heavy atom. The Labute approximate surface area is 141 Å². The van der Waals surface area contributed by atoms with Crippen LogP contribution in [0.25, 0.3) is 0 Å². The molecule has 0 unspecified atom stereocenters. The minimum Gasteiger partial charge on any atom is -0.397 e. The van der Waals surface area contributed by atoms with E-state index in [1.807, 2.05) is 30.3 Å². The van der Waals surface area contributed by atoms with E-state index in [1.54, 1.807) is 37.2 Å². The van der Waals surface area contributed by atoms with Gasteiger partial charge in [0.1, 0.15) is 0 Å². The van der Waals surface area contributed by atoms with E-state index in [0.29, 0.717) is 29.9 Å². The lowest BCUT2D eigenvalue weighted by atomic mass is 10.1. The van der Waals surface area contributed by atoms with Crippen molar-refractivity contribution >= 4 is 28.9 Å². The van der Waals surface area contributed by atoms with Gasteiger partial charge in [0.05, 0.1) is 11.4 Å². The zero-order chi connectivity index (χ0) is 17.5. The third-order valence-electron chi connectivity index (χ3n) is 3.69. The molecular weight excluding hydrogens is 304 g/mol. The minimum absolute atomic E-state index is 0.0362. The Balaban J connectivity index is 2.05. The first kappa shape index (κ1) is 17.3. The van der Waals surface area contributed by atoms with Crippen LogP contribution in [0.1, 0.15) is 16.8 Å². The number of nitrogen functional groups attached to an aromatic ring is 1. The molecule has 2 aromatic carbocycles. The predicted molar refractivity (Wildman–Crippen MR) is 97.2 cm³/mol. The monoisotopic (exact) mass is 326 g/mol. The van der Waals surface area contributed by atoms with Crippen LogP contribution >= 0.6 is 0 Å². The molecule has 2 aromatic rings. The Hall–Kier alpha value is -3.02. The first-order chi connectivity index (χ1) is 11.5. The molecule has 0 atom stereocenters. The van der Waals surface area contributed by atoms with Gasteiger partial charge in [0.25, 0.3) is 5.91 Å². The van der Waals surface area contributed by atoms with Crippen molar-refractivity contribution in [2.75, 3.05) is 36.6 Å². The highest BCUT2D eigenvalue weighted by molar-refractivity contribution is 6.06. The van der Waals surface area contributed by atoms with Gasteiger partial charge in [0.2, 0.25) is 5.91 Å². The maximum atomic E-state index is 12.4. The van der Waals surface area contributed by atoms with Crippen molar-refractivity contribution in [3.05, 3.63) is 54.1 Å². The van der Waals surface area contributed by atoms with Crippen LogP contribution < -0.4 is 21.3 Å². The van der Waals surface area contributed by atoms with E-state index in [1.165, 1.54) is 0 Å². The van der Waals surface area contributed by atoms with Crippen molar-refractivity contribution in [1.82, 2.24) is 5.32 Å². The lowest BCUT2D eigenvalue weighted by Gasteiger charge is -2.19. The molecule has 2 rings (SSSR count). The molecule has 0 aliphatic heterocycles. The molecular formula is C18H22N4O2. The molecule has 0 saturated carbocycles. The molecule has 2 amide bonds. The fraction of sp³-hybridized carbons (Fsp3) is 0.222.